The molecule has 3 aromatic rings. The molecule has 0 N–H and O–H groups in total. The van der Waals surface area contributed by atoms with Gasteiger partial charge in [0.05, 0.1) is 5.56 Å². The Kier molecular flexibility index (Phi) is 7.26. The maximum atomic E-state index is 13.0. The molecule has 1 aliphatic heterocycles. The summed E-state index contributed by atoms with van der Waals surface area (Å²) in [7, 11) is 0. The number of hydrogen-bond acceptors (Lipinski definition) is 5. The van der Waals surface area contributed by atoms with Crippen LogP contribution in [0.1, 0.15) is 29.9 Å². The molecule has 0 unspecified atom stereocenters. The molecule has 180 valence electrons. The van der Waals surface area contributed by atoms with Gasteiger partial charge in [0, 0.05) is 51.1 Å². The fraction of sp³-hybridized carbons (Fsp3) is 0.375. The zero-order chi connectivity index (χ0) is 24.1. The van der Waals surface area contributed by atoms with Crippen molar-refractivity contribution in [3.05, 3.63) is 71.4 Å². The molecule has 0 saturated carbocycles. The number of rotatable bonds is 7. The molecule has 0 atom stereocenters. The lowest BCUT2D eigenvalue weighted by molar-refractivity contribution is -0.137. The van der Waals surface area contributed by atoms with Gasteiger partial charge in [-0.15, -0.1) is 0 Å². The Labute approximate surface area is 194 Å². The van der Waals surface area contributed by atoms with Gasteiger partial charge in [0.1, 0.15) is 5.82 Å². The first kappa shape index (κ1) is 23.9. The summed E-state index contributed by atoms with van der Waals surface area (Å²) in [6.07, 6.45) is -3.02. The number of hydrogen-bond donors (Lipinski definition) is 0. The number of halogens is 4. The Balaban J connectivity index is 1.20. The van der Waals surface area contributed by atoms with Crippen molar-refractivity contribution in [3.63, 3.8) is 0 Å². The fourth-order valence-electron chi connectivity index (χ4n) is 3.88. The van der Waals surface area contributed by atoms with Crippen LogP contribution < -0.4 is 0 Å². The number of carbonyl (C=O) groups is 1. The molecule has 1 amide bonds. The van der Waals surface area contributed by atoms with Crippen LogP contribution in [0.5, 0.6) is 0 Å². The molecule has 34 heavy (non-hydrogen) atoms. The van der Waals surface area contributed by atoms with Crippen LogP contribution in [0.2, 0.25) is 0 Å². The monoisotopic (exact) mass is 476 g/mol. The van der Waals surface area contributed by atoms with E-state index in [1.807, 2.05) is 0 Å². The lowest BCUT2D eigenvalue weighted by atomic mass is 10.1. The Hall–Kier alpha value is -3.27. The number of alkyl halides is 3. The first-order valence-electron chi connectivity index (χ1n) is 11.0. The third-order valence-corrected chi connectivity index (χ3v) is 5.74. The molecule has 6 nitrogen and oxygen atoms in total. The van der Waals surface area contributed by atoms with Crippen LogP contribution >= 0.6 is 0 Å². The Morgan fingerprint density at radius 1 is 1.03 bits per heavy atom. The van der Waals surface area contributed by atoms with E-state index in [0.29, 0.717) is 74.8 Å². The summed E-state index contributed by atoms with van der Waals surface area (Å²) < 4.78 is 57.0. The van der Waals surface area contributed by atoms with Crippen molar-refractivity contribution in [3.8, 4) is 11.4 Å². The Morgan fingerprint density at radius 2 is 1.76 bits per heavy atom. The standard InChI is InChI=1S/C24H24F4N4O2/c25-20-9-7-18(8-10-20)23-29-21(34-30-23)5-2-6-22(33)32-13-11-31(12-14-32)16-17-3-1-4-19(15-17)24(26,27)28/h1,3-4,7-10,15H,2,5-6,11-14,16H2. The molecule has 1 fully saturated rings. The highest BCUT2D eigenvalue weighted by Crippen LogP contribution is 2.29. The summed E-state index contributed by atoms with van der Waals surface area (Å²) in [4.78, 5) is 20.7. The number of carbonyl (C=O) groups excluding carboxylic acids is 1. The van der Waals surface area contributed by atoms with Crippen molar-refractivity contribution >= 4 is 5.91 Å². The molecular weight excluding hydrogens is 452 g/mol. The van der Waals surface area contributed by atoms with Crippen LogP contribution in [0.4, 0.5) is 17.6 Å². The number of benzene rings is 2. The molecule has 1 saturated heterocycles. The zero-order valence-corrected chi connectivity index (χ0v) is 18.4. The average Bonchev–Trinajstić information content (AvgIpc) is 3.28. The van der Waals surface area contributed by atoms with E-state index < -0.39 is 11.7 Å². The number of amides is 1. The lowest BCUT2D eigenvalue weighted by Gasteiger charge is -2.35. The minimum atomic E-state index is -4.36. The molecule has 1 aromatic heterocycles. The molecule has 1 aliphatic rings. The first-order chi connectivity index (χ1) is 16.3. The smallest absolute Gasteiger partial charge is 0.340 e. The summed E-state index contributed by atoms with van der Waals surface area (Å²) in [6.45, 7) is 2.69. The van der Waals surface area contributed by atoms with Crippen LogP contribution in [-0.4, -0.2) is 52.0 Å². The van der Waals surface area contributed by atoms with Gasteiger partial charge < -0.3 is 9.42 Å². The molecular formula is C24H24F4N4O2. The fourth-order valence-corrected chi connectivity index (χ4v) is 3.88. The minimum Gasteiger partial charge on any atom is -0.340 e. The molecule has 0 aliphatic carbocycles. The van der Waals surface area contributed by atoms with E-state index in [1.165, 1.54) is 24.3 Å². The van der Waals surface area contributed by atoms with Crippen LogP contribution in [0.15, 0.2) is 53.1 Å². The number of aromatic nitrogens is 2. The number of aryl methyl sites for hydroxylation is 1. The second-order valence-corrected chi connectivity index (χ2v) is 8.23. The predicted molar refractivity (Wildman–Crippen MR) is 116 cm³/mol. The van der Waals surface area contributed by atoms with Crippen molar-refractivity contribution in [1.82, 2.24) is 19.9 Å². The molecule has 0 bridgehead atoms. The van der Waals surface area contributed by atoms with Gasteiger partial charge >= 0.3 is 6.18 Å². The van der Waals surface area contributed by atoms with Gasteiger partial charge in [-0.25, -0.2) is 4.39 Å². The predicted octanol–water partition coefficient (Wildman–Crippen LogP) is 4.56. The highest BCUT2D eigenvalue weighted by atomic mass is 19.4. The van der Waals surface area contributed by atoms with Crippen molar-refractivity contribution in [2.75, 3.05) is 26.2 Å². The van der Waals surface area contributed by atoms with Gasteiger partial charge in [0.15, 0.2) is 0 Å². The third-order valence-electron chi connectivity index (χ3n) is 5.74. The number of nitrogens with zero attached hydrogens (tertiary/aromatic N) is 4. The third kappa shape index (κ3) is 6.19. The van der Waals surface area contributed by atoms with E-state index in [1.54, 1.807) is 23.1 Å². The zero-order valence-electron chi connectivity index (χ0n) is 18.4. The van der Waals surface area contributed by atoms with Crippen molar-refractivity contribution in [2.45, 2.75) is 32.0 Å². The quantitative estimate of drug-likeness (QED) is 0.468. The summed E-state index contributed by atoms with van der Waals surface area (Å²) in [5.74, 6) is 0.468. The van der Waals surface area contributed by atoms with Gasteiger partial charge in [-0.05, 0) is 42.3 Å². The summed E-state index contributed by atoms with van der Waals surface area (Å²) >= 11 is 0. The largest absolute Gasteiger partial charge is 0.416 e. The van der Waals surface area contributed by atoms with E-state index in [-0.39, 0.29) is 11.7 Å². The Morgan fingerprint density at radius 3 is 2.47 bits per heavy atom. The molecule has 10 heteroatoms. The van der Waals surface area contributed by atoms with Crippen LogP contribution in [0.25, 0.3) is 11.4 Å². The molecule has 2 heterocycles. The second-order valence-electron chi connectivity index (χ2n) is 8.23. The highest BCUT2D eigenvalue weighted by Gasteiger charge is 2.30. The average molecular weight is 476 g/mol. The Bertz CT molecular complexity index is 1110. The van der Waals surface area contributed by atoms with Gasteiger partial charge in [0.25, 0.3) is 0 Å². The second kappa shape index (κ2) is 10.3. The van der Waals surface area contributed by atoms with Crippen LogP contribution in [-0.2, 0) is 23.9 Å². The topological polar surface area (TPSA) is 62.5 Å². The summed E-state index contributed by atoms with van der Waals surface area (Å²) in [5, 5.41) is 3.89. The van der Waals surface area contributed by atoms with Crippen LogP contribution in [0.3, 0.4) is 0 Å². The molecule has 0 spiro atoms. The summed E-state index contributed by atoms with van der Waals surface area (Å²) in [5.41, 5.74) is 0.606. The van der Waals surface area contributed by atoms with Crippen molar-refractivity contribution in [1.29, 1.82) is 0 Å². The van der Waals surface area contributed by atoms with E-state index in [9.17, 15) is 22.4 Å². The van der Waals surface area contributed by atoms with Crippen molar-refractivity contribution < 1.29 is 26.9 Å². The first-order valence-corrected chi connectivity index (χ1v) is 11.0. The maximum Gasteiger partial charge on any atom is 0.416 e. The van der Waals surface area contributed by atoms with Crippen LogP contribution in [0, 0.1) is 5.82 Å². The van der Waals surface area contributed by atoms with Gasteiger partial charge in [0.2, 0.25) is 17.6 Å². The van der Waals surface area contributed by atoms with E-state index in [0.717, 1.165) is 6.07 Å². The van der Waals surface area contributed by atoms with Gasteiger partial charge in [-0.3, -0.25) is 9.69 Å². The van der Waals surface area contributed by atoms with Gasteiger partial charge in [-0.1, -0.05) is 23.4 Å². The van der Waals surface area contributed by atoms with E-state index in [2.05, 4.69) is 15.0 Å². The number of piperazine rings is 1. The van der Waals surface area contributed by atoms with Gasteiger partial charge in [-0.2, -0.15) is 18.2 Å². The maximum absolute atomic E-state index is 13.0. The molecule has 4 rings (SSSR count). The SMILES string of the molecule is O=C(CCCc1nc(-c2ccc(F)cc2)no1)N1CCN(Cc2cccc(C(F)(F)F)c2)CC1. The normalized spacial score (nSPS) is 15.0. The van der Waals surface area contributed by atoms with E-state index >= 15 is 0 Å². The van der Waals surface area contributed by atoms with Crippen molar-refractivity contribution in [2.24, 2.45) is 0 Å². The highest BCUT2D eigenvalue weighted by molar-refractivity contribution is 5.76. The molecule has 2 aromatic carbocycles. The van der Waals surface area contributed by atoms with E-state index in [4.69, 9.17) is 4.52 Å². The lowest BCUT2D eigenvalue weighted by Crippen LogP contribution is -2.48. The minimum absolute atomic E-state index is 0.0250. The summed E-state index contributed by atoms with van der Waals surface area (Å²) in [6, 6.07) is 11.1. The molecule has 0 radical (unpaired) electrons.